The number of hydrogen-bond acceptors (Lipinski definition) is 4. The van der Waals surface area contributed by atoms with Gasteiger partial charge in [-0.05, 0) is 29.5 Å². The first kappa shape index (κ1) is 14.8. The molecule has 0 fully saturated rings. The minimum Gasteiger partial charge on any atom is -0.466 e. The summed E-state index contributed by atoms with van der Waals surface area (Å²) >= 11 is 1.43. The number of nitrogens with one attached hydrogen (secondary N) is 1. The number of furan rings is 1. The number of rotatable bonds is 6. The second-order valence-corrected chi connectivity index (χ2v) is 6.14. The Kier molecular flexibility index (Phi) is 4.62. The monoisotopic (exact) mass is 293 g/mol. The Morgan fingerprint density at radius 2 is 2.25 bits per heavy atom. The zero-order valence-electron chi connectivity index (χ0n) is 11.6. The Morgan fingerprint density at radius 3 is 2.80 bits per heavy atom. The molecule has 0 aliphatic rings. The fraction of sp³-hybridized carbons (Fsp3) is 0.400. The molecule has 2 heterocycles. The molecule has 108 valence electrons. The summed E-state index contributed by atoms with van der Waals surface area (Å²) in [5.74, 6) is 0.653. The van der Waals surface area contributed by atoms with Crippen LogP contribution in [0, 0.1) is 5.92 Å². The second-order valence-electron chi connectivity index (χ2n) is 5.19. The normalized spacial score (nSPS) is 14.2. The van der Waals surface area contributed by atoms with Gasteiger partial charge < -0.3 is 14.8 Å². The van der Waals surface area contributed by atoms with E-state index in [0.717, 1.165) is 4.88 Å². The molecule has 2 N–H and O–H groups in total. The first-order chi connectivity index (χ1) is 9.52. The van der Waals surface area contributed by atoms with Gasteiger partial charge >= 0.3 is 0 Å². The predicted octanol–water partition coefficient (Wildman–Crippen LogP) is 2.74. The van der Waals surface area contributed by atoms with Gasteiger partial charge in [0.05, 0.1) is 12.8 Å². The van der Waals surface area contributed by atoms with Crippen molar-refractivity contribution in [1.82, 2.24) is 5.32 Å². The molecule has 1 atom stereocenters. The van der Waals surface area contributed by atoms with Crippen molar-refractivity contribution in [2.24, 2.45) is 5.92 Å². The summed E-state index contributed by atoms with van der Waals surface area (Å²) in [4.78, 5) is 12.5. The van der Waals surface area contributed by atoms with Crippen LogP contribution in [-0.4, -0.2) is 17.6 Å². The zero-order valence-corrected chi connectivity index (χ0v) is 12.4. The summed E-state index contributed by atoms with van der Waals surface area (Å²) < 4.78 is 5.34. The highest BCUT2D eigenvalue weighted by Crippen LogP contribution is 2.32. The predicted molar refractivity (Wildman–Crippen MR) is 78.5 cm³/mol. The Morgan fingerprint density at radius 1 is 1.45 bits per heavy atom. The van der Waals surface area contributed by atoms with Gasteiger partial charge in [-0.1, -0.05) is 19.9 Å². The van der Waals surface area contributed by atoms with Crippen LogP contribution < -0.4 is 5.32 Å². The van der Waals surface area contributed by atoms with Gasteiger partial charge in [0.25, 0.3) is 0 Å². The van der Waals surface area contributed by atoms with Crippen LogP contribution in [0.3, 0.4) is 0 Å². The Balaban J connectivity index is 2.15. The lowest BCUT2D eigenvalue weighted by Crippen LogP contribution is -2.41. The fourth-order valence-corrected chi connectivity index (χ4v) is 2.82. The van der Waals surface area contributed by atoms with Gasteiger partial charge in [0, 0.05) is 11.3 Å². The number of thiophene rings is 1. The molecule has 1 unspecified atom stereocenters. The molecule has 5 heteroatoms. The Bertz CT molecular complexity index is 497. The van der Waals surface area contributed by atoms with E-state index in [1.54, 1.807) is 12.1 Å². The van der Waals surface area contributed by atoms with Crippen molar-refractivity contribution < 1.29 is 14.3 Å². The highest BCUT2D eigenvalue weighted by molar-refractivity contribution is 7.10. The average molecular weight is 293 g/mol. The standard InChI is InChI=1S/C15H19NO3S/c1-11(2)9-14(17)16-10-15(18,12-5-3-7-19-12)13-6-4-8-20-13/h3-8,11,18H,9-10H2,1-2H3,(H,16,17). The second kappa shape index (κ2) is 6.24. The van der Waals surface area contributed by atoms with Crippen molar-refractivity contribution in [2.75, 3.05) is 6.54 Å². The first-order valence-corrected chi connectivity index (χ1v) is 7.47. The minimum atomic E-state index is -1.32. The van der Waals surface area contributed by atoms with Crippen LogP contribution in [0.4, 0.5) is 0 Å². The van der Waals surface area contributed by atoms with E-state index in [1.807, 2.05) is 31.4 Å². The van der Waals surface area contributed by atoms with Crippen LogP contribution in [0.5, 0.6) is 0 Å². The van der Waals surface area contributed by atoms with E-state index in [9.17, 15) is 9.90 Å². The van der Waals surface area contributed by atoms with Gasteiger partial charge in [-0.3, -0.25) is 4.79 Å². The molecule has 2 rings (SSSR count). The molecule has 0 aromatic carbocycles. The molecular formula is C15H19NO3S. The molecule has 0 spiro atoms. The van der Waals surface area contributed by atoms with E-state index >= 15 is 0 Å². The van der Waals surface area contributed by atoms with Crippen molar-refractivity contribution in [3.05, 3.63) is 46.5 Å². The quantitative estimate of drug-likeness (QED) is 0.861. The maximum Gasteiger partial charge on any atom is 0.220 e. The van der Waals surface area contributed by atoms with E-state index in [2.05, 4.69) is 5.32 Å². The van der Waals surface area contributed by atoms with E-state index in [4.69, 9.17) is 4.42 Å². The topological polar surface area (TPSA) is 62.5 Å². The number of hydrogen-bond donors (Lipinski definition) is 2. The summed E-state index contributed by atoms with van der Waals surface area (Å²) in [5, 5.41) is 15.6. The lowest BCUT2D eigenvalue weighted by molar-refractivity contribution is -0.122. The molecule has 0 aliphatic carbocycles. The van der Waals surface area contributed by atoms with Crippen molar-refractivity contribution >= 4 is 17.2 Å². The largest absolute Gasteiger partial charge is 0.466 e. The Hall–Kier alpha value is -1.59. The van der Waals surface area contributed by atoms with Gasteiger partial charge in [0.15, 0.2) is 5.60 Å². The van der Waals surface area contributed by atoms with E-state index < -0.39 is 5.60 Å². The third-order valence-electron chi connectivity index (χ3n) is 2.99. The molecule has 0 bridgehead atoms. The molecular weight excluding hydrogens is 274 g/mol. The molecule has 2 aromatic heterocycles. The maximum absolute atomic E-state index is 11.8. The number of aliphatic hydroxyl groups is 1. The summed E-state index contributed by atoms with van der Waals surface area (Å²) in [6.45, 7) is 4.07. The third-order valence-corrected chi connectivity index (χ3v) is 4.01. The van der Waals surface area contributed by atoms with Crippen molar-refractivity contribution in [3.63, 3.8) is 0 Å². The summed E-state index contributed by atoms with van der Waals surface area (Å²) in [5.41, 5.74) is -1.32. The van der Waals surface area contributed by atoms with Crippen LogP contribution in [-0.2, 0) is 10.4 Å². The molecule has 4 nitrogen and oxygen atoms in total. The molecule has 2 aromatic rings. The summed E-state index contributed by atoms with van der Waals surface area (Å²) in [7, 11) is 0. The van der Waals surface area contributed by atoms with Crippen LogP contribution in [0.15, 0.2) is 40.3 Å². The SMILES string of the molecule is CC(C)CC(=O)NCC(O)(c1ccco1)c1cccs1. The molecule has 20 heavy (non-hydrogen) atoms. The molecule has 1 amide bonds. The van der Waals surface area contributed by atoms with Crippen LogP contribution in [0.2, 0.25) is 0 Å². The third kappa shape index (κ3) is 3.29. The minimum absolute atomic E-state index is 0.0680. The molecule has 0 aliphatic heterocycles. The van der Waals surface area contributed by atoms with Gasteiger partial charge in [-0.2, -0.15) is 0 Å². The summed E-state index contributed by atoms with van der Waals surface area (Å²) in [6, 6.07) is 7.14. The van der Waals surface area contributed by atoms with Crippen LogP contribution in [0.25, 0.3) is 0 Å². The van der Waals surface area contributed by atoms with Crippen molar-refractivity contribution in [2.45, 2.75) is 25.9 Å². The number of carbonyl (C=O) groups is 1. The van der Waals surface area contributed by atoms with Crippen LogP contribution in [0.1, 0.15) is 30.9 Å². The van der Waals surface area contributed by atoms with Gasteiger partial charge in [0.1, 0.15) is 5.76 Å². The average Bonchev–Trinajstić information content (AvgIpc) is 3.07. The van der Waals surface area contributed by atoms with Gasteiger partial charge in [-0.15, -0.1) is 11.3 Å². The van der Waals surface area contributed by atoms with E-state index in [1.165, 1.54) is 17.6 Å². The molecule has 0 radical (unpaired) electrons. The highest BCUT2D eigenvalue weighted by Gasteiger charge is 2.36. The summed E-state index contributed by atoms with van der Waals surface area (Å²) in [6.07, 6.45) is 1.96. The lowest BCUT2D eigenvalue weighted by Gasteiger charge is -2.25. The molecule has 0 saturated carbocycles. The van der Waals surface area contributed by atoms with Crippen molar-refractivity contribution in [1.29, 1.82) is 0 Å². The smallest absolute Gasteiger partial charge is 0.220 e. The zero-order chi connectivity index (χ0) is 14.6. The number of carbonyl (C=O) groups excluding carboxylic acids is 1. The van der Waals surface area contributed by atoms with Gasteiger partial charge in [-0.25, -0.2) is 0 Å². The lowest BCUT2D eigenvalue weighted by atomic mass is 9.98. The molecule has 0 saturated heterocycles. The highest BCUT2D eigenvalue weighted by atomic mass is 32.1. The van der Waals surface area contributed by atoms with Gasteiger partial charge in [0.2, 0.25) is 5.91 Å². The Labute approximate surface area is 122 Å². The number of amides is 1. The maximum atomic E-state index is 11.8. The first-order valence-electron chi connectivity index (χ1n) is 6.59. The van der Waals surface area contributed by atoms with Crippen LogP contribution >= 0.6 is 11.3 Å². The van der Waals surface area contributed by atoms with E-state index in [0.29, 0.717) is 12.2 Å². The fourth-order valence-electron chi connectivity index (χ4n) is 1.99. The van der Waals surface area contributed by atoms with Crippen molar-refractivity contribution in [3.8, 4) is 0 Å². The van der Waals surface area contributed by atoms with E-state index in [-0.39, 0.29) is 18.4 Å².